The van der Waals surface area contributed by atoms with E-state index in [1.807, 2.05) is 43.3 Å². The molecule has 25 heavy (non-hydrogen) atoms. The number of nitrogens with two attached hydrogens (primary N) is 1. The van der Waals surface area contributed by atoms with Crippen LogP contribution in [0.2, 0.25) is 0 Å². The molecule has 0 aliphatic heterocycles. The fourth-order valence-corrected chi connectivity index (χ4v) is 2.68. The predicted molar refractivity (Wildman–Crippen MR) is 97.9 cm³/mol. The minimum Gasteiger partial charge on any atom is -0.480 e. The number of nitrogens with one attached hydrogen (secondary N) is 1. The Hall–Kier alpha value is -2.66. The van der Waals surface area contributed by atoms with Gasteiger partial charge in [-0.2, -0.15) is 0 Å². The minimum atomic E-state index is -1.04. The van der Waals surface area contributed by atoms with Crippen molar-refractivity contribution in [3.63, 3.8) is 0 Å². The molecule has 5 heteroatoms. The van der Waals surface area contributed by atoms with E-state index in [-0.39, 0.29) is 6.04 Å². The summed E-state index contributed by atoms with van der Waals surface area (Å²) in [7, 11) is 0. The largest absolute Gasteiger partial charge is 0.480 e. The summed E-state index contributed by atoms with van der Waals surface area (Å²) < 4.78 is 0. The van der Waals surface area contributed by atoms with Gasteiger partial charge < -0.3 is 16.2 Å². The Labute approximate surface area is 147 Å². The quantitative estimate of drug-likeness (QED) is 0.710. The van der Waals surface area contributed by atoms with Crippen LogP contribution in [0.15, 0.2) is 65.8 Å². The molecule has 0 bridgehead atoms. The Balaban J connectivity index is 2.05. The average Bonchev–Trinajstić information content (AvgIpc) is 2.80. The van der Waals surface area contributed by atoms with Gasteiger partial charge in [0, 0.05) is 11.6 Å². The molecule has 0 heterocycles. The SMILES string of the molecule is CCC1=CC(C(=O)NC(CCc2ccccc2)C(=O)O)=CC=CC1N. The van der Waals surface area contributed by atoms with E-state index >= 15 is 0 Å². The number of carboxylic acids is 1. The van der Waals surface area contributed by atoms with Gasteiger partial charge in [0.15, 0.2) is 0 Å². The summed E-state index contributed by atoms with van der Waals surface area (Å²) in [6, 6.07) is 8.45. The van der Waals surface area contributed by atoms with Crippen LogP contribution in [0.25, 0.3) is 0 Å². The number of allylic oxidation sites excluding steroid dienone is 2. The number of hydrogen-bond donors (Lipinski definition) is 3. The smallest absolute Gasteiger partial charge is 0.326 e. The monoisotopic (exact) mass is 340 g/mol. The standard InChI is InChI=1S/C20H24N2O3/c1-2-15-13-16(9-6-10-17(15)21)19(23)22-18(20(24)25)12-11-14-7-4-3-5-8-14/h3-10,13,17-18H,2,11-12,21H2,1H3,(H,22,23)(H,24,25). The van der Waals surface area contributed by atoms with Crippen LogP contribution >= 0.6 is 0 Å². The highest BCUT2D eigenvalue weighted by atomic mass is 16.4. The highest BCUT2D eigenvalue weighted by Gasteiger charge is 2.22. The highest BCUT2D eigenvalue weighted by Crippen LogP contribution is 2.15. The van der Waals surface area contributed by atoms with E-state index < -0.39 is 17.9 Å². The molecule has 1 aromatic rings. The first-order chi connectivity index (χ1) is 12.0. The lowest BCUT2D eigenvalue weighted by molar-refractivity contribution is -0.141. The van der Waals surface area contributed by atoms with Crippen molar-refractivity contribution in [3.8, 4) is 0 Å². The molecule has 0 spiro atoms. The fourth-order valence-electron chi connectivity index (χ4n) is 2.68. The van der Waals surface area contributed by atoms with Crippen LogP contribution in [-0.2, 0) is 16.0 Å². The molecular formula is C20H24N2O3. The molecule has 0 fully saturated rings. The van der Waals surface area contributed by atoms with Crippen molar-refractivity contribution in [2.24, 2.45) is 5.73 Å². The van der Waals surface area contributed by atoms with Gasteiger partial charge >= 0.3 is 5.97 Å². The summed E-state index contributed by atoms with van der Waals surface area (Å²) in [5, 5.41) is 12.0. The number of benzene rings is 1. The molecule has 1 amide bonds. The molecule has 4 N–H and O–H groups in total. The Morgan fingerprint density at radius 1 is 1.28 bits per heavy atom. The zero-order valence-electron chi connectivity index (χ0n) is 14.3. The molecule has 1 aromatic carbocycles. The summed E-state index contributed by atoms with van der Waals surface area (Å²) in [5.41, 5.74) is 8.40. The second-order valence-electron chi connectivity index (χ2n) is 5.99. The summed E-state index contributed by atoms with van der Waals surface area (Å²) >= 11 is 0. The van der Waals surface area contributed by atoms with E-state index in [0.717, 1.165) is 17.6 Å². The Kier molecular flexibility index (Phi) is 6.71. The lowest BCUT2D eigenvalue weighted by Gasteiger charge is -2.15. The van der Waals surface area contributed by atoms with Gasteiger partial charge in [-0.25, -0.2) is 4.79 Å². The van der Waals surface area contributed by atoms with E-state index in [1.54, 1.807) is 18.2 Å². The molecule has 2 rings (SSSR count). The molecule has 1 aliphatic rings. The van der Waals surface area contributed by atoms with Crippen molar-refractivity contribution >= 4 is 11.9 Å². The van der Waals surface area contributed by atoms with E-state index in [2.05, 4.69) is 5.32 Å². The van der Waals surface area contributed by atoms with Crippen LogP contribution in [0.1, 0.15) is 25.3 Å². The number of rotatable bonds is 7. The van der Waals surface area contributed by atoms with E-state index in [4.69, 9.17) is 5.73 Å². The highest BCUT2D eigenvalue weighted by molar-refractivity contribution is 5.98. The third-order valence-corrected chi connectivity index (χ3v) is 4.20. The third-order valence-electron chi connectivity index (χ3n) is 4.20. The number of carbonyl (C=O) groups excluding carboxylic acids is 1. The maximum absolute atomic E-state index is 12.5. The van der Waals surface area contributed by atoms with Crippen LogP contribution in [-0.4, -0.2) is 29.1 Å². The summed E-state index contributed by atoms with van der Waals surface area (Å²) in [6.45, 7) is 1.97. The number of hydrogen-bond acceptors (Lipinski definition) is 3. The van der Waals surface area contributed by atoms with Gasteiger partial charge in [-0.05, 0) is 42.6 Å². The van der Waals surface area contributed by atoms with E-state index in [0.29, 0.717) is 18.4 Å². The Bertz CT molecular complexity index is 705. The van der Waals surface area contributed by atoms with Gasteiger partial charge in [0.2, 0.25) is 0 Å². The maximum Gasteiger partial charge on any atom is 0.326 e. The zero-order valence-corrected chi connectivity index (χ0v) is 14.3. The van der Waals surface area contributed by atoms with Gasteiger partial charge in [0.05, 0.1) is 0 Å². The molecule has 2 atom stereocenters. The number of aliphatic carboxylic acids is 1. The predicted octanol–water partition coefficient (Wildman–Crippen LogP) is 2.35. The van der Waals surface area contributed by atoms with Crippen molar-refractivity contribution in [1.29, 1.82) is 0 Å². The summed E-state index contributed by atoms with van der Waals surface area (Å²) in [4.78, 5) is 24.0. The van der Waals surface area contributed by atoms with Crippen LogP contribution in [0.4, 0.5) is 0 Å². The van der Waals surface area contributed by atoms with Crippen molar-refractivity contribution in [3.05, 3.63) is 71.3 Å². The molecule has 5 nitrogen and oxygen atoms in total. The maximum atomic E-state index is 12.5. The van der Waals surface area contributed by atoms with Gasteiger partial charge in [-0.15, -0.1) is 0 Å². The first kappa shape index (κ1) is 18.7. The van der Waals surface area contributed by atoms with Gasteiger partial charge in [-0.1, -0.05) is 49.4 Å². The topological polar surface area (TPSA) is 92.4 Å². The second-order valence-corrected chi connectivity index (χ2v) is 5.99. The Morgan fingerprint density at radius 3 is 2.64 bits per heavy atom. The Morgan fingerprint density at radius 2 is 2.00 bits per heavy atom. The van der Waals surface area contributed by atoms with Crippen molar-refractivity contribution in [1.82, 2.24) is 5.32 Å². The van der Waals surface area contributed by atoms with Crippen molar-refractivity contribution in [2.45, 2.75) is 38.3 Å². The normalized spacial score (nSPS) is 17.9. The number of carbonyl (C=O) groups is 2. The molecule has 0 radical (unpaired) electrons. The van der Waals surface area contributed by atoms with E-state index in [9.17, 15) is 14.7 Å². The van der Waals surface area contributed by atoms with Crippen LogP contribution in [0, 0.1) is 0 Å². The van der Waals surface area contributed by atoms with Crippen molar-refractivity contribution in [2.75, 3.05) is 0 Å². The molecule has 0 saturated heterocycles. The minimum absolute atomic E-state index is 0.222. The van der Waals surface area contributed by atoms with E-state index in [1.165, 1.54) is 0 Å². The fraction of sp³-hybridized carbons (Fsp3) is 0.300. The van der Waals surface area contributed by atoms with Gasteiger partial charge in [0.1, 0.15) is 6.04 Å². The van der Waals surface area contributed by atoms with Crippen LogP contribution < -0.4 is 11.1 Å². The summed E-state index contributed by atoms with van der Waals surface area (Å²) in [6.07, 6.45) is 8.60. The first-order valence-corrected chi connectivity index (χ1v) is 8.43. The zero-order chi connectivity index (χ0) is 18.2. The number of aryl methyl sites for hydroxylation is 1. The third kappa shape index (κ3) is 5.43. The van der Waals surface area contributed by atoms with Crippen LogP contribution in [0.3, 0.4) is 0 Å². The first-order valence-electron chi connectivity index (χ1n) is 8.43. The molecule has 0 saturated carbocycles. The molecular weight excluding hydrogens is 316 g/mol. The molecule has 1 aliphatic carbocycles. The molecule has 0 aromatic heterocycles. The number of amides is 1. The van der Waals surface area contributed by atoms with Gasteiger partial charge in [0.25, 0.3) is 5.91 Å². The van der Waals surface area contributed by atoms with Crippen LogP contribution in [0.5, 0.6) is 0 Å². The van der Waals surface area contributed by atoms with Crippen molar-refractivity contribution < 1.29 is 14.7 Å². The average molecular weight is 340 g/mol. The molecule has 132 valence electrons. The van der Waals surface area contributed by atoms with Gasteiger partial charge in [-0.3, -0.25) is 4.79 Å². The molecule has 2 unspecified atom stereocenters. The lowest BCUT2D eigenvalue weighted by atomic mass is 10.0. The second kappa shape index (κ2) is 8.99. The lowest BCUT2D eigenvalue weighted by Crippen LogP contribution is -2.41. The number of carboxylic acid groups (broad SMARTS) is 1. The summed E-state index contributed by atoms with van der Waals surface area (Å²) in [5.74, 6) is -1.43.